The molecule has 1 unspecified atom stereocenters. The lowest BCUT2D eigenvalue weighted by molar-refractivity contribution is -0.129. The van der Waals surface area contributed by atoms with Crippen LogP contribution in [-0.4, -0.2) is 53.3 Å². The molecule has 7 nitrogen and oxygen atoms in total. The van der Waals surface area contributed by atoms with Crippen molar-refractivity contribution in [3.05, 3.63) is 0 Å². The first kappa shape index (κ1) is 15.6. The Kier molecular flexibility index (Phi) is 7.99. The predicted octanol–water partition coefficient (Wildman–Crippen LogP) is -1.94. The molecule has 0 saturated heterocycles. The van der Waals surface area contributed by atoms with Crippen LogP contribution in [0.2, 0.25) is 0 Å². The number of thioether (sulfide) groups is 1. The van der Waals surface area contributed by atoms with E-state index in [0.29, 0.717) is 6.29 Å². The Bertz CT molecular complexity index is 308. The van der Waals surface area contributed by atoms with Gasteiger partial charge in [-0.3, -0.25) is 14.4 Å². The standard InChI is InChI=1S/C9H14N2O5S/c1-6(14)17-5-8(15)11-7(4-13)9(16)10-2-3-12/h3,7,13H,2,4-5H2,1H3,(H,10,16)(H,11,15). The van der Waals surface area contributed by atoms with Crippen molar-refractivity contribution in [1.82, 2.24) is 10.6 Å². The Morgan fingerprint density at radius 2 is 2.06 bits per heavy atom. The van der Waals surface area contributed by atoms with Gasteiger partial charge in [0.2, 0.25) is 11.8 Å². The molecule has 0 aromatic carbocycles. The minimum Gasteiger partial charge on any atom is -0.394 e. The van der Waals surface area contributed by atoms with E-state index in [0.717, 1.165) is 11.8 Å². The molecule has 0 aromatic rings. The third kappa shape index (κ3) is 7.47. The van der Waals surface area contributed by atoms with Crippen LogP contribution in [0.1, 0.15) is 6.92 Å². The molecule has 0 aliphatic heterocycles. The van der Waals surface area contributed by atoms with Crippen molar-refractivity contribution in [1.29, 1.82) is 0 Å². The van der Waals surface area contributed by atoms with Crippen molar-refractivity contribution >= 4 is 35.0 Å². The molecule has 0 aliphatic carbocycles. The zero-order valence-corrected chi connectivity index (χ0v) is 10.1. The maximum atomic E-state index is 11.3. The second-order valence-corrected chi connectivity index (χ2v) is 4.15. The molecule has 2 amide bonds. The van der Waals surface area contributed by atoms with Gasteiger partial charge >= 0.3 is 0 Å². The number of aliphatic hydroxyl groups excluding tert-OH is 1. The lowest BCUT2D eigenvalue weighted by Gasteiger charge is -2.14. The van der Waals surface area contributed by atoms with Crippen LogP contribution < -0.4 is 10.6 Å². The highest BCUT2D eigenvalue weighted by atomic mass is 32.2. The van der Waals surface area contributed by atoms with Crippen LogP contribution in [0.3, 0.4) is 0 Å². The number of aliphatic hydroxyl groups is 1. The second-order valence-electron chi connectivity index (χ2n) is 2.99. The molecule has 0 aromatic heterocycles. The van der Waals surface area contributed by atoms with Gasteiger partial charge < -0.3 is 20.5 Å². The number of amides is 2. The van der Waals surface area contributed by atoms with Crippen molar-refractivity contribution < 1.29 is 24.3 Å². The van der Waals surface area contributed by atoms with E-state index in [9.17, 15) is 19.2 Å². The molecule has 8 heteroatoms. The van der Waals surface area contributed by atoms with Crippen LogP contribution in [0.15, 0.2) is 0 Å². The van der Waals surface area contributed by atoms with Crippen molar-refractivity contribution in [3.8, 4) is 0 Å². The summed E-state index contributed by atoms with van der Waals surface area (Å²) in [6.45, 7) is 0.548. The topological polar surface area (TPSA) is 113 Å². The van der Waals surface area contributed by atoms with Gasteiger partial charge in [-0.25, -0.2) is 0 Å². The average Bonchev–Trinajstić information content (AvgIpc) is 2.30. The Hall–Kier alpha value is -1.41. The fraction of sp³-hybridized carbons (Fsp3) is 0.556. The Balaban J connectivity index is 4.10. The molecule has 0 heterocycles. The van der Waals surface area contributed by atoms with Gasteiger partial charge in [0.15, 0.2) is 5.12 Å². The van der Waals surface area contributed by atoms with Gasteiger partial charge in [-0.05, 0) is 0 Å². The third-order valence-electron chi connectivity index (χ3n) is 1.60. The summed E-state index contributed by atoms with van der Waals surface area (Å²) >= 11 is 0.801. The van der Waals surface area contributed by atoms with Gasteiger partial charge in [0.25, 0.3) is 0 Å². The third-order valence-corrected chi connectivity index (χ3v) is 2.41. The molecular formula is C9H14N2O5S. The first-order valence-electron chi connectivity index (χ1n) is 4.76. The van der Waals surface area contributed by atoms with Gasteiger partial charge in [-0.1, -0.05) is 11.8 Å². The quantitative estimate of drug-likeness (QED) is 0.460. The van der Waals surface area contributed by atoms with Crippen LogP contribution in [0.4, 0.5) is 0 Å². The molecular weight excluding hydrogens is 248 g/mol. The maximum absolute atomic E-state index is 11.3. The summed E-state index contributed by atoms with van der Waals surface area (Å²) in [5, 5.41) is 13.1. The first-order valence-corrected chi connectivity index (χ1v) is 5.74. The van der Waals surface area contributed by atoms with Crippen LogP contribution >= 0.6 is 11.8 Å². The normalized spacial score (nSPS) is 11.4. The van der Waals surface area contributed by atoms with Crippen molar-refractivity contribution in [2.24, 2.45) is 0 Å². The highest BCUT2D eigenvalue weighted by molar-refractivity contribution is 8.14. The van der Waals surface area contributed by atoms with Gasteiger partial charge in [0.1, 0.15) is 12.3 Å². The van der Waals surface area contributed by atoms with Gasteiger partial charge in [-0.2, -0.15) is 0 Å². The van der Waals surface area contributed by atoms with E-state index in [4.69, 9.17) is 5.11 Å². The molecule has 0 aliphatic rings. The summed E-state index contributed by atoms with van der Waals surface area (Å²) in [6, 6.07) is -1.12. The van der Waals surface area contributed by atoms with Crippen LogP contribution in [0.5, 0.6) is 0 Å². The van der Waals surface area contributed by atoms with Gasteiger partial charge in [0, 0.05) is 6.92 Å². The SMILES string of the molecule is CC(=O)SCC(=O)NC(CO)C(=O)NCC=O. The maximum Gasteiger partial charge on any atom is 0.245 e. The monoisotopic (exact) mass is 262 g/mol. The van der Waals surface area contributed by atoms with E-state index in [2.05, 4.69) is 10.6 Å². The summed E-state index contributed by atoms with van der Waals surface area (Å²) < 4.78 is 0. The van der Waals surface area contributed by atoms with Crippen LogP contribution in [0, 0.1) is 0 Å². The molecule has 0 saturated carbocycles. The Labute approximate surface area is 102 Å². The zero-order valence-electron chi connectivity index (χ0n) is 9.26. The van der Waals surface area contributed by atoms with E-state index >= 15 is 0 Å². The molecule has 3 N–H and O–H groups in total. The van der Waals surface area contributed by atoms with E-state index < -0.39 is 24.5 Å². The summed E-state index contributed by atoms with van der Waals surface area (Å²) in [6.07, 6.45) is 0.486. The van der Waals surface area contributed by atoms with Gasteiger partial charge in [-0.15, -0.1) is 0 Å². The zero-order chi connectivity index (χ0) is 13.3. The number of rotatable bonds is 7. The molecule has 0 bridgehead atoms. The number of nitrogens with one attached hydrogen (secondary N) is 2. The number of hydrogen-bond donors (Lipinski definition) is 3. The number of hydrogen-bond acceptors (Lipinski definition) is 6. The molecule has 0 fully saturated rings. The number of carbonyl (C=O) groups is 4. The highest BCUT2D eigenvalue weighted by Crippen LogP contribution is 1.99. The van der Waals surface area contributed by atoms with E-state index in [1.54, 1.807) is 0 Å². The lowest BCUT2D eigenvalue weighted by atomic mass is 10.3. The second kappa shape index (κ2) is 8.71. The summed E-state index contributed by atoms with van der Waals surface area (Å²) in [5.41, 5.74) is 0. The van der Waals surface area contributed by atoms with Crippen molar-refractivity contribution in [2.75, 3.05) is 18.9 Å². The van der Waals surface area contributed by atoms with Gasteiger partial charge in [0.05, 0.1) is 18.9 Å². The average molecular weight is 262 g/mol. The molecule has 0 radical (unpaired) electrons. The molecule has 96 valence electrons. The molecule has 1 atom stereocenters. The predicted molar refractivity (Wildman–Crippen MR) is 61.2 cm³/mol. The van der Waals surface area contributed by atoms with E-state index in [-0.39, 0.29) is 17.4 Å². The largest absolute Gasteiger partial charge is 0.394 e. The summed E-state index contributed by atoms with van der Waals surface area (Å²) in [7, 11) is 0. The number of aldehydes is 1. The van der Waals surface area contributed by atoms with Crippen LogP contribution in [-0.2, 0) is 19.2 Å². The summed E-state index contributed by atoms with van der Waals surface area (Å²) in [4.78, 5) is 43.1. The Morgan fingerprint density at radius 3 is 2.53 bits per heavy atom. The minimum absolute atomic E-state index is 0.118. The molecule has 0 rings (SSSR count). The van der Waals surface area contributed by atoms with Crippen LogP contribution in [0.25, 0.3) is 0 Å². The number of carbonyl (C=O) groups excluding carboxylic acids is 4. The fourth-order valence-corrected chi connectivity index (χ4v) is 1.28. The van der Waals surface area contributed by atoms with E-state index in [1.165, 1.54) is 6.92 Å². The first-order chi connectivity index (χ1) is 8.01. The minimum atomic E-state index is -1.12. The smallest absolute Gasteiger partial charge is 0.245 e. The highest BCUT2D eigenvalue weighted by Gasteiger charge is 2.19. The molecule has 17 heavy (non-hydrogen) atoms. The molecule has 0 spiro atoms. The van der Waals surface area contributed by atoms with E-state index in [1.807, 2.05) is 0 Å². The Morgan fingerprint density at radius 1 is 1.41 bits per heavy atom. The van der Waals surface area contributed by atoms with Crippen molar-refractivity contribution in [2.45, 2.75) is 13.0 Å². The fourth-order valence-electron chi connectivity index (χ4n) is 0.863. The summed E-state index contributed by atoms with van der Waals surface area (Å²) in [5.74, 6) is -1.31. The van der Waals surface area contributed by atoms with Crippen molar-refractivity contribution in [3.63, 3.8) is 0 Å². The lowest BCUT2D eigenvalue weighted by Crippen LogP contribution is -2.49.